The van der Waals surface area contributed by atoms with E-state index in [2.05, 4.69) is 11.8 Å². The monoisotopic (exact) mass is 267 g/mol. The van der Waals surface area contributed by atoms with Crippen LogP contribution in [-0.4, -0.2) is 30.8 Å². The lowest BCUT2D eigenvalue weighted by Crippen LogP contribution is -2.18. The van der Waals surface area contributed by atoms with Crippen LogP contribution in [-0.2, 0) is 4.74 Å². The molecule has 1 aromatic rings. The lowest BCUT2D eigenvalue weighted by atomic mass is 10.2. The molecule has 1 aromatic carbocycles. The molecule has 1 aliphatic heterocycles. The first kappa shape index (κ1) is 13.6. The summed E-state index contributed by atoms with van der Waals surface area (Å²) in [5.41, 5.74) is 6.44. The Kier molecular flexibility index (Phi) is 5.68. The summed E-state index contributed by atoms with van der Waals surface area (Å²) in [7, 11) is 0. The molecule has 1 aliphatic rings. The Labute approximate surface area is 113 Å². The van der Waals surface area contributed by atoms with Gasteiger partial charge in [0.15, 0.2) is 0 Å². The van der Waals surface area contributed by atoms with E-state index in [1.807, 2.05) is 24.3 Å². The van der Waals surface area contributed by atoms with Crippen molar-refractivity contribution >= 4 is 17.4 Å². The van der Waals surface area contributed by atoms with Gasteiger partial charge in [0.05, 0.1) is 6.61 Å². The molecular formula is C14H21NO2S. The molecule has 1 heterocycles. The largest absolute Gasteiger partial charge is 0.493 e. The van der Waals surface area contributed by atoms with Crippen molar-refractivity contribution < 1.29 is 9.47 Å². The van der Waals surface area contributed by atoms with Gasteiger partial charge >= 0.3 is 0 Å². The Hall–Kier alpha value is -0.870. The third-order valence-electron chi connectivity index (χ3n) is 2.94. The quantitative estimate of drug-likeness (QED) is 0.636. The molecule has 0 radical (unpaired) electrons. The number of anilines is 1. The number of hydrogen-bond donors (Lipinski definition) is 1. The summed E-state index contributed by atoms with van der Waals surface area (Å²) in [5.74, 6) is 2.03. The highest BCUT2D eigenvalue weighted by molar-refractivity contribution is 7.99. The van der Waals surface area contributed by atoms with Gasteiger partial charge in [-0.05, 0) is 37.1 Å². The van der Waals surface area contributed by atoms with E-state index < -0.39 is 0 Å². The van der Waals surface area contributed by atoms with Crippen LogP contribution in [0.2, 0.25) is 0 Å². The summed E-state index contributed by atoms with van der Waals surface area (Å²) in [4.78, 5) is 0. The van der Waals surface area contributed by atoms with Crippen LogP contribution in [0.25, 0.3) is 0 Å². The molecule has 2 N–H and O–H groups in total. The second-order valence-corrected chi connectivity index (χ2v) is 5.87. The summed E-state index contributed by atoms with van der Waals surface area (Å²) >= 11 is 2.05. The second-order valence-electron chi connectivity index (χ2n) is 4.46. The lowest BCUT2D eigenvalue weighted by Gasteiger charge is -2.21. The Morgan fingerprint density at radius 2 is 2.17 bits per heavy atom. The number of ether oxygens (including phenoxy) is 2. The number of rotatable bonds is 6. The highest BCUT2D eigenvalue weighted by atomic mass is 32.2. The van der Waals surface area contributed by atoms with Gasteiger partial charge in [-0.25, -0.2) is 0 Å². The number of hydrogen-bond acceptors (Lipinski definition) is 4. The van der Waals surface area contributed by atoms with Crippen molar-refractivity contribution in [2.45, 2.75) is 24.5 Å². The average Bonchev–Trinajstić information content (AvgIpc) is 2.40. The van der Waals surface area contributed by atoms with Crippen LogP contribution in [0.4, 0.5) is 5.69 Å². The van der Waals surface area contributed by atoms with Crippen LogP contribution in [0, 0.1) is 0 Å². The van der Waals surface area contributed by atoms with Gasteiger partial charge in [-0.2, -0.15) is 11.8 Å². The van der Waals surface area contributed by atoms with Gasteiger partial charge in [-0.15, -0.1) is 0 Å². The van der Waals surface area contributed by atoms with Crippen LogP contribution in [0.1, 0.15) is 19.3 Å². The van der Waals surface area contributed by atoms with E-state index in [9.17, 15) is 0 Å². The number of nitrogen functional groups attached to an aromatic ring is 1. The molecule has 2 rings (SSSR count). The van der Waals surface area contributed by atoms with Gasteiger partial charge in [0.1, 0.15) is 5.75 Å². The Morgan fingerprint density at radius 1 is 1.33 bits per heavy atom. The van der Waals surface area contributed by atoms with E-state index in [0.717, 1.165) is 48.7 Å². The third kappa shape index (κ3) is 4.78. The van der Waals surface area contributed by atoms with Crippen molar-refractivity contribution in [2.75, 3.05) is 31.3 Å². The Bertz CT molecular complexity index is 353. The maximum atomic E-state index is 5.69. The number of nitrogens with two attached hydrogens (primary N) is 1. The smallest absolute Gasteiger partial charge is 0.121 e. The van der Waals surface area contributed by atoms with Crippen molar-refractivity contribution in [1.29, 1.82) is 0 Å². The highest BCUT2D eigenvalue weighted by Gasteiger charge is 2.13. The zero-order valence-corrected chi connectivity index (χ0v) is 11.5. The summed E-state index contributed by atoms with van der Waals surface area (Å²) in [6.45, 7) is 2.62. The fraction of sp³-hybridized carbons (Fsp3) is 0.571. The van der Waals surface area contributed by atoms with Crippen LogP contribution in [0.5, 0.6) is 5.75 Å². The molecule has 3 nitrogen and oxygen atoms in total. The minimum absolute atomic E-state index is 0.754. The minimum atomic E-state index is 0.754. The van der Waals surface area contributed by atoms with E-state index in [0.29, 0.717) is 0 Å². The molecule has 0 atom stereocenters. The van der Waals surface area contributed by atoms with Crippen LogP contribution in [0.15, 0.2) is 24.3 Å². The van der Waals surface area contributed by atoms with Gasteiger partial charge in [-0.1, -0.05) is 6.07 Å². The standard InChI is InChI=1S/C14H21NO2S/c15-12-3-1-4-13(11-12)17-7-2-10-18-14-5-8-16-9-6-14/h1,3-4,11,14H,2,5-10,15H2. The summed E-state index contributed by atoms with van der Waals surface area (Å²) in [5, 5.41) is 0.783. The SMILES string of the molecule is Nc1cccc(OCCCSC2CCOCC2)c1. The molecule has 1 fully saturated rings. The average molecular weight is 267 g/mol. The molecular weight excluding hydrogens is 246 g/mol. The second kappa shape index (κ2) is 7.54. The molecule has 4 heteroatoms. The molecule has 0 spiro atoms. The van der Waals surface area contributed by atoms with Crippen molar-refractivity contribution in [3.05, 3.63) is 24.3 Å². The molecule has 0 bridgehead atoms. The van der Waals surface area contributed by atoms with E-state index in [4.69, 9.17) is 15.2 Å². The normalized spacial score (nSPS) is 16.7. The highest BCUT2D eigenvalue weighted by Crippen LogP contribution is 2.22. The van der Waals surface area contributed by atoms with E-state index in [-0.39, 0.29) is 0 Å². The topological polar surface area (TPSA) is 44.5 Å². The zero-order chi connectivity index (χ0) is 12.6. The minimum Gasteiger partial charge on any atom is -0.493 e. The third-order valence-corrected chi connectivity index (χ3v) is 4.40. The Balaban J connectivity index is 1.55. The summed E-state index contributed by atoms with van der Waals surface area (Å²) in [6.07, 6.45) is 3.47. The zero-order valence-electron chi connectivity index (χ0n) is 10.6. The lowest BCUT2D eigenvalue weighted by molar-refractivity contribution is 0.1000. The fourth-order valence-corrected chi connectivity index (χ4v) is 3.09. The summed E-state index contributed by atoms with van der Waals surface area (Å²) < 4.78 is 11.0. The van der Waals surface area contributed by atoms with Crippen LogP contribution in [0.3, 0.4) is 0 Å². The molecule has 100 valence electrons. The summed E-state index contributed by atoms with van der Waals surface area (Å²) in [6, 6.07) is 7.60. The van der Waals surface area contributed by atoms with Gasteiger partial charge in [0.2, 0.25) is 0 Å². The van der Waals surface area contributed by atoms with E-state index >= 15 is 0 Å². The van der Waals surface area contributed by atoms with Crippen LogP contribution >= 0.6 is 11.8 Å². The first-order chi connectivity index (χ1) is 8.84. The molecule has 18 heavy (non-hydrogen) atoms. The maximum absolute atomic E-state index is 5.69. The predicted molar refractivity (Wildman–Crippen MR) is 77.3 cm³/mol. The number of thioether (sulfide) groups is 1. The predicted octanol–water partition coefficient (Wildman–Crippen LogP) is 2.95. The molecule has 0 unspecified atom stereocenters. The van der Waals surface area contributed by atoms with Gasteiger partial charge < -0.3 is 15.2 Å². The number of benzene rings is 1. The van der Waals surface area contributed by atoms with Gasteiger partial charge in [0.25, 0.3) is 0 Å². The van der Waals surface area contributed by atoms with Crippen molar-refractivity contribution in [3.8, 4) is 5.75 Å². The molecule has 0 amide bonds. The first-order valence-corrected chi connectivity index (χ1v) is 7.57. The van der Waals surface area contributed by atoms with Crippen LogP contribution < -0.4 is 10.5 Å². The van der Waals surface area contributed by atoms with Crippen molar-refractivity contribution in [3.63, 3.8) is 0 Å². The maximum Gasteiger partial charge on any atom is 0.121 e. The van der Waals surface area contributed by atoms with E-state index in [1.54, 1.807) is 0 Å². The van der Waals surface area contributed by atoms with E-state index in [1.165, 1.54) is 12.8 Å². The van der Waals surface area contributed by atoms with Gasteiger partial charge in [-0.3, -0.25) is 0 Å². The Morgan fingerprint density at radius 3 is 2.94 bits per heavy atom. The first-order valence-electron chi connectivity index (χ1n) is 6.52. The van der Waals surface area contributed by atoms with Crippen molar-refractivity contribution in [2.24, 2.45) is 0 Å². The molecule has 0 aliphatic carbocycles. The van der Waals surface area contributed by atoms with Gasteiger partial charge in [0, 0.05) is 30.2 Å². The molecule has 0 aromatic heterocycles. The molecule has 0 saturated carbocycles. The van der Waals surface area contributed by atoms with Crippen molar-refractivity contribution in [1.82, 2.24) is 0 Å². The molecule has 1 saturated heterocycles. The fourth-order valence-electron chi connectivity index (χ4n) is 1.95.